The number of carbonyl (C=O) groups is 2. The van der Waals surface area contributed by atoms with Crippen molar-refractivity contribution in [2.45, 2.75) is 13.3 Å². The first-order chi connectivity index (χ1) is 9.56. The Morgan fingerprint density at radius 2 is 2.15 bits per heavy atom. The van der Waals surface area contributed by atoms with E-state index in [2.05, 4.69) is 5.32 Å². The number of carbonyl (C=O) groups excluding carboxylic acids is 1. The van der Waals surface area contributed by atoms with E-state index in [4.69, 9.17) is 9.84 Å². The molecule has 110 valence electrons. The number of hydrogen-bond donors (Lipinski definition) is 2. The van der Waals surface area contributed by atoms with Crippen LogP contribution in [0.5, 0.6) is 0 Å². The van der Waals surface area contributed by atoms with Crippen LogP contribution in [0.1, 0.15) is 12.5 Å². The zero-order valence-corrected chi connectivity index (χ0v) is 11.8. The van der Waals surface area contributed by atoms with Crippen molar-refractivity contribution in [2.24, 2.45) is 0 Å². The number of aliphatic carboxylic acids is 1. The molecule has 6 nitrogen and oxygen atoms in total. The second-order valence-corrected chi connectivity index (χ2v) is 4.27. The van der Waals surface area contributed by atoms with Gasteiger partial charge < -0.3 is 20.1 Å². The van der Waals surface area contributed by atoms with Crippen LogP contribution < -0.4 is 5.32 Å². The Kier molecular flexibility index (Phi) is 6.52. The van der Waals surface area contributed by atoms with Gasteiger partial charge in [0, 0.05) is 25.9 Å². The van der Waals surface area contributed by atoms with Crippen LogP contribution in [0.25, 0.3) is 0 Å². The average Bonchev–Trinajstić information content (AvgIpc) is 2.39. The highest BCUT2D eigenvalue weighted by molar-refractivity contribution is 5.89. The van der Waals surface area contributed by atoms with E-state index in [0.717, 1.165) is 0 Å². The van der Waals surface area contributed by atoms with Crippen LogP contribution in [0.15, 0.2) is 24.3 Å². The van der Waals surface area contributed by atoms with Gasteiger partial charge in [0.05, 0.1) is 13.0 Å². The summed E-state index contributed by atoms with van der Waals surface area (Å²) in [6, 6.07) is 6.60. The van der Waals surface area contributed by atoms with Crippen LogP contribution in [0.3, 0.4) is 0 Å². The quantitative estimate of drug-likeness (QED) is 0.798. The summed E-state index contributed by atoms with van der Waals surface area (Å²) >= 11 is 0. The third-order valence-corrected chi connectivity index (χ3v) is 2.77. The molecule has 0 aliphatic carbocycles. The highest BCUT2D eigenvalue weighted by Crippen LogP contribution is 2.12. The van der Waals surface area contributed by atoms with Crippen molar-refractivity contribution >= 4 is 17.7 Å². The van der Waals surface area contributed by atoms with Crippen molar-refractivity contribution in [1.82, 2.24) is 4.90 Å². The molecule has 2 amide bonds. The van der Waals surface area contributed by atoms with E-state index < -0.39 is 5.97 Å². The smallest absolute Gasteiger partial charge is 0.321 e. The van der Waals surface area contributed by atoms with Crippen LogP contribution in [0.2, 0.25) is 0 Å². The molecular weight excluding hydrogens is 260 g/mol. The molecule has 0 saturated heterocycles. The monoisotopic (exact) mass is 280 g/mol. The van der Waals surface area contributed by atoms with Crippen molar-refractivity contribution in [2.75, 3.05) is 32.1 Å². The van der Waals surface area contributed by atoms with Crippen LogP contribution in [0, 0.1) is 0 Å². The molecule has 0 spiro atoms. The molecule has 1 aromatic rings. The third-order valence-electron chi connectivity index (χ3n) is 2.77. The number of nitrogens with one attached hydrogen (secondary N) is 1. The van der Waals surface area contributed by atoms with Gasteiger partial charge >= 0.3 is 12.0 Å². The van der Waals surface area contributed by atoms with Gasteiger partial charge in [0.2, 0.25) is 0 Å². The molecule has 0 bridgehead atoms. The van der Waals surface area contributed by atoms with E-state index in [1.54, 1.807) is 36.3 Å². The predicted molar refractivity (Wildman–Crippen MR) is 75.9 cm³/mol. The number of urea groups is 1. The molecule has 0 saturated carbocycles. The number of carboxylic acid groups (broad SMARTS) is 1. The summed E-state index contributed by atoms with van der Waals surface area (Å²) in [4.78, 5) is 24.3. The molecule has 20 heavy (non-hydrogen) atoms. The molecule has 0 aliphatic heterocycles. The van der Waals surface area contributed by atoms with Crippen LogP contribution in [-0.2, 0) is 16.0 Å². The van der Waals surface area contributed by atoms with Gasteiger partial charge in [-0.2, -0.15) is 0 Å². The van der Waals surface area contributed by atoms with Gasteiger partial charge in [-0.3, -0.25) is 4.79 Å². The van der Waals surface area contributed by atoms with Crippen LogP contribution >= 0.6 is 0 Å². The van der Waals surface area contributed by atoms with Crippen LogP contribution in [-0.4, -0.2) is 48.8 Å². The minimum Gasteiger partial charge on any atom is -0.481 e. The first-order valence-electron chi connectivity index (χ1n) is 6.42. The zero-order chi connectivity index (χ0) is 15.0. The third kappa shape index (κ3) is 5.27. The Labute approximate surface area is 118 Å². The fourth-order valence-corrected chi connectivity index (χ4v) is 1.74. The molecule has 2 N–H and O–H groups in total. The van der Waals surface area contributed by atoms with Crippen LogP contribution in [0.4, 0.5) is 10.5 Å². The number of likely N-dealkylation sites (N-methyl/N-ethyl adjacent to an activating group) is 1. The van der Waals surface area contributed by atoms with E-state index in [0.29, 0.717) is 30.9 Å². The second kappa shape index (κ2) is 8.16. The Balaban J connectivity index is 2.66. The predicted octanol–water partition coefficient (Wildman–Crippen LogP) is 1.81. The number of benzene rings is 1. The number of carboxylic acids is 1. The molecule has 0 aliphatic rings. The van der Waals surface area contributed by atoms with Gasteiger partial charge in [-0.1, -0.05) is 12.1 Å². The lowest BCUT2D eigenvalue weighted by atomic mass is 10.1. The van der Waals surface area contributed by atoms with E-state index in [9.17, 15) is 9.59 Å². The van der Waals surface area contributed by atoms with Crippen molar-refractivity contribution in [1.29, 1.82) is 0 Å². The Morgan fingerprint density at radius 1 is 1.40 bits per heavy atom. The van der Waals surface area contributed by atoms with Crippen molar-refractivity contribution < 1.29 is 19.4 Å². The number of anilines is 1. The summed E-state index contributed by atoms with van der Waals surface area (Å²) in [5, 5.41) is 11.5. The highest BCUT2D eigenvalue weighted by Gasteiger charge is 2.11. The molecule has 6 heteroatoms. The Morgan fingerprint density at radius 3 is 2.75 bits per heavy atom. The summed E-state index contributed by atoms with van der Waals surface area (Å²) in [6.07, 6.45) is -0.0646. The van der Waals surface area contributed by atoms with Crippen molar-refractivity contribution in [3.05, 3.63) is 29.8 Å². The molecule has 1 aromatic carbocycles. The maximum absolute atomic E-state index is 12.0. The maximum atomic E-state index is 12.0. The van der Waals surface area contributed by atoms with E-state index in [1.807, 2.05) is 6.92 Å². The first kappa shape index (κ1) is 16.0. The van der Waals surface area contributed by atoms with Crippen molar-refractivity contribution in [3.8, 4) is 0 Å². The lowest BCUT2D eigenvalue weighted by molar-refractivity contribution is -0.136. The molecule has 1 rings (SSSR count). The molecular formula is C14H20N2O4. The highest BCUT2D eigenvalue weighted by atomic mass is 16.5. The average molecular weight is 280 g/mol. The lowest BCUT2D eigenvalue weighted by Crippen LogP contribution is -2.37. The number of amides is 2. The molecule has 0 heterocycles. The molecule has 0 unspecified atom stereocenters. The number of rotatable bonds is 7. The number of nitrogens with zero attached hydrogens (tertiary/aromatic N) is 1. The fraction of sp³-hybridized carbons (Fsp3) is 0.429. The normalized spacial score (nSPS) is 10.1. The largest absolute Gasteiger partial charge is 0.481 e. The van der Waals surface area contributed by atoms with Gasteiger partial charge in [0.25, 0.3) is 0 Å². The summed E-state index contributed by atoms with van der Waals surface area (Å²) < 4.78 is 4.95. The fourth-order valence-electron chi connectivity index (χ4n) is 1.74. The second-order valence-electron chi connectivity index (χ2n) is 4.27. The van der Waals surface area contributed by atoms with Crippen molar-refractivity contribution in [3.63, 3.8) is 0 Å². The van der Waals surface area contributed by atoms with Gasteiger partial charge in [-0.25, -0.2) is 4.79 Å². The van der Waals surface area contributed by atoms with Gasteiger partial charge in [0.15, 0.2) is 0 Å². The summed E-state index contributed by atoms with van der Waals surface area (Å²) in [5.41, 5.74) is 1.24. The Bertz CT molecular complexity index is 462. The first-order valence-corrected chi connectivity index (χ1v) is 6.42. The minimum atomic E-state index is -0.899. The number of ether oxygens (including phenoxy) is 1. The standard InChI is InChI=1S/C14H20N2O4/c1-3-16(7-8-20-2)14(19)15-12-6-4-5-11(9-12)10-13(17)18/h4-6,9H,3,7-8,10H2,1-2H3,(H,15,19)(H,17,18). The topological polar surface area (TPSA) is 78.9 Å². The summed E-state index contributed by atoms with van der Waals surface area (Å²) in [7, 11) is 1.58. The van der Waals surface area contributed by atoms with Gasteiger partial charge in [0.1, 0.15) is 0 Å². The molecule has 0 aromatic heterocycles. The maximum Gasteiger partial charge on any atom is 0.321 e. The summed E-state index contributed by atoms with van der Waals surface area (Å²) in [5.74, 6) is -0.899. The number of methoxy groups -OCH3 is 1. The number of hydrogen-bond acceptors (Lipinski definition) is 3. The van der Waals surface area contributed by atoms with E-state index >= 15 is 0 Å². The zero-order valence-electron chi connectivity index (χ0n) is 11.8. The summed E-state index contributed by atoms with van der Waals surface area (Å²) in [6.45, 7) is 3.44. The van der Waals surface area contributed by atoms with E-state index in [1.165, 1.54) is 0 Å². The minimum absolute atomic E-state index is 0.0646. The SMILES string of the molecule is CCN(CCOC)C(=O)Nc1cccc(CC(=O)O)c1. The molecule has 0 atom stereocenters. The lowest BCUT2D eigenvalue weighted by Gasteiger charge is -2.21. The molecule has 0 radical (unpaired) electrons. The van der Waals surface area contributed by atoms with Gasteiger partial charge in [-0.15, -0.1) is 0 Å². The Hall–Kier alpha value is -2.08. The molecule has 0 fully saturated rings. The van der Waals surface area contributed by atoms with Gasteiger partial charge in [-0.05, 0) is 24.6 Å². The van der Waals surface area contributed by atoms with E-state index in [-0.39, 0.29) is 12.5 Å².